The molecule has 2 aromatic rings. The van der Waals surface area contributed by atoms with Gasteiger partial charge in [-0.05, 0) is 42.1 Å². The number of hydrogen-bond donors (Lipinski definition) is 1. The van der Waals surface area contributed by atoms with Crippen LogP contribution in [0.5, 0.6) is 0 Å². The van der Waals surface area contributed by atoms with E-state index in [9.17, 15) is 0 Å². The zero-order valence-electron chi connectivity index (χ0n) is 12.0. The van der Waals surface area contributed by atoms with E-state index in [2.05, 4.69) is 54.4 Å². The predicted molar refractivity (Wildman–Crippen MR) is 84.3 cm³/mol. The summed E-state index contributed by atoms with van der Waals surface area (Å²) in [6.07, 6.45) is 2.72. The lowest BCUT2D eigenvalue weighted by Crippen LogP contribution is -2.19. The SMILES string of the molecule is CN(Cc1ccc(-c2ccccc2CN)cc1)C1CC1. The van der Waals surface area contributed by atoms with Crippen LogP contribution in [0.3, 0.4) is 0 Å². The molecular formula is C18H22N2. The van der Waals surface area contributed by atoms with Crippen molar-refractivity contribution in [3.8, 4) is 11.1 Å². The molecule has 0 aromatic heterocycles. The van der Waals surface area contributed by atoms with Gasteiger partial charge in [0.05, 0.1) is 0 Å². The minimum absolute atomic E-state index is 0.586. The van der Waals surface area contributed by atoms with Crippen molar-refractivity contribution >= 4 is 0 Å². The Morgan fingerprint density at radius 1 is 1.05 bits per heavy atom. The Hall–Kier alpha value is -1.64. The average molecular weight is 266 g/mol. The van der Waals surface area contributed by atoms with E-state index in [-0.39, 0.29) is 0 Å². The number of rotatable bonds is 5. The first kappa shape index (κ1) is 13.3. The lowest BCUT2D eigenvalue weighted by atomic mass is 9.98. The molecule has 2 N–H and O–H groups in total. The Morgan fingerprint density at radius 3 is 2.40 bits per heavy atom. The van der Waals surface area contributed by atoms with Crippen molar-refractivity contribution in [1.82, 2.24) is 4.90 Å². The standard InChI is InChI=1S/C18H22N2/c1-20(17-10-11-17)13-14-6-8-15(9-7-14)18-5-3-2-4-16(18)12-19/h2-9,17H,10-13,19H2,1H3. The van der Waals surface area contributed by atoms with Gasteiger partial charge in [-0.15, -0.1) is 0 Å². The van der Waals surface area contributed by atoms with Crippen LogP contribution >= 0.6 is 0 Å². The van der Waals surface area contributed by atoms with Gasteiger partial charge in [0.2, 0.25) is 0 Å². The Labute approximate surface area is 121 Å². The summed E-state index contributed by atoms with van der Waals surface area (Å²) in [6, 6.07) is 18.1. The van der Waals surface area contributed by atoms with Gasteiger partial charge in [0.1, 0.15) is 0 Å². The van der Waals surface area contributed by atoms with E-state index in [1.54, 1.807) is 0 Å². The molecule has 0 aliphatic heterocycles. The second-order valence-electron chi connectivity index (χ2n) is 5.70. The van der Waals surface area contributed by atoms with Gasteiger partial charge in [-0.2, -0.15) is 0 Å². The molecule has 0 heterocycles. The topological polar surface area (TPSA) is 29.3 Å². The molecular weight excluding hydrogens is 244 g/mol. The van der Waals surface area contributed by atoms with Crippen molar-refractivity contribution < 1.29 is 0 Å². The lowest BCUT2D eigenvalue weighted by molar-refractivity contribution is 0.316. The zero-order chi connectivity index (χ0) is 13.9. The molecule has 1 aliphatic carbocycles. The highest BCUT2D eigenvalue weighted by molar-refractivity contribution is 5.67. The molecule has 0 atom stereocenters. The van der Waals surface area contributed by atoms with Crippen molar-refractivity contribution in [3.63, 3.8) is 0 Å². The van der Waals surface area contributed by atoms with Crippen molar-refractivity contribution in [1.29, 1.82) is 0 Å². The first-order chi connectivity index (χ1) is 9.78. The molecule has 1 aliphatic rings. The Morgan fingerprint density at radius 2 is 1.75 bits per heavy atom. The Kier molecular flexibility index (Phi) is 3.86. The maximum atomic E-state index is 5.82. The molecule has 104 valence electrons. The fourth-order valence-corrected chi connectivity index (χ4v) is 2.70. The summed E-state index contributed by atoms with van der Waals surface area (Å²) in [4.78, 5) is 2.45. The van der Waals surface area contributed by atoms with Crippen LogP contribution in [-0.4, -0.2) is 18.0 Å². The van der Waals surface area contributed by atoms with Gasteiger partial charge >= 0.3 is 0 Å². The number of nitrogens with zero attached hydrogens (tertiary/aromatic N) is 1. The third-order valence-electron chi connectivity index (χ3n) is 4.10. The summed E-state index contributed by atoms with van der Waals surface area (Å²) in [5.41, 5.74) is 10.9. The van der Waals surface area contributed by atoms with Gasteiger partial charge in [-0.25, -0.2) is 0 Å². The smallest absolute Gasteiger partial charge is 0.0233 e. The number of nitrogens with two attached hydrogens (primary N) is 1. The van der Waals surface area contributed by atoms with Gasteiger partial charge in [-0.3, -0.25) is 4.90 Å². The fraction of sp³-hybridized carbons (Fsp3) is 0.333. The van der Waals surface area contributed by atoms with E-state index < -0.39 is 0 Å². The maximum Gasteiger partial charge on any atom is 0.0233 e. The third kappa shape index (κ3) is 2.92. The van der Waals surface area contributed by atoms with Crippen LogP contribution in [0, 0.1) is 0 Å². The third-order valence-corrected chi connectivity index (χ3v) is 4.10. The average Bonchev–Trinajstić information content (AvgIpc) is 3.33. The minimum Gasteiger partial charge on any atom is -0.326 e. The predicted octanol–water partition coefficient (Wildman–Crippen LogP) is 3.41. The van der Waals surface area contributed by atoms with Crippen molar-refractivity contribution in [3.05, 3.63) is 59.7 Å². The summed E-state index contributed by atoms with van der Waals surface area (Å²) in [7, 11) is 2.22. The highest BCUT2D eigenvalue weighted by Crippen LogP contribution is 2.28. The van der Waals surface area contributed by atoms with Gasteiger partial charge in [-0.1, -0.05) is 48.5 Å². The molecule has 0 unspecified atom stereocenters. The molecule has 0 radical (unpaired) electrons. The number of benzene rings is 2. The molecule has 2 aromatic carbocycles. The molecule has 20 heavy (non-hydrogen) atoms. The largest absolute Gasteiger partial charge is 0.326 e. The number of hydrogen-bond acceptors (Lipinski definition) is 2. The molecule has 0 amide bonds. The molecule has 1 saturated carbocycles. The first-order valence-corrected chi connectivity index (χ1v) is 7.35. The van der Waals surface area contributed by atoms with Crippen LogP contribution in [0.25, 0.3) is 11.1 Å². The lowest BCUT2D eigenvalue weighted by Gasteiger charge is -2.16. The first-order valence-electron chi connectivity index (χ1n) is 7.35. The quantitative estimate of drug-likeness (QED) is 0.898. The monoisotopic (exact) mass is 266 g/mol. The van der Waals surface area contributed by atoms with Gasteiger partial charge < -0.3 is 5.73 Å². The summed E-state index contributed by atoms with van der Waals surface area (Å²) in [5.74, 6) is 0. The summed E-state index contributed by atoms with van der Waals surface area (Å²) >= 11 is 0. The second kappa shape index (κ2) is 5.78. The molecule has 3 rings (SSSR count). The van der Waals surface area contributed by atoms with Crippen LogP contribution in [0.1, 0.15) is 24.0 Å². The van der Waals surface area contributed by atoms with Gasteiger partial charge in [0.15, 0.2) is 0 Å². The van der Waals surface area contributed by atoms with Crippen LogP contribution in [0.15, 0.2) is 48.5 Å². The second-order valence-corrected chi connectivity index (χ2v) is 5.70. The zero-order valence-corrected chi connectivity index (χ0v) is 12.0. The van der Waals surface area contributed by atoms with Gasteiger partial charge in [0, 0.05) is 19.1 Å². The van der Waals surface area contributed by atoms with E-state index in [1.165, 1.54) is 35.1 Å². The normalized spacial score (nSPS) is 14.8. The molecule has 0 spiro atoms. The van der Waals surface area contributed by atoms with Crippen molar-refractivity contribution in [2.75, 3.05) is 7.05 Å². The summed E-state index contributed by atoms with van der Waals surface area (Å²) in [6.45, 7) is 1.63. The van der Waals surface area contributed by atoms with Crippen LogP contribution < -0.4 is 5.73 Å². The molecule has 0 bridgehead atoms. The summed E-state index contributed by atoms with van der Waals surface area (Å²) in [5, 5.41) is 0. The van der Waals surface area contributed by atoms with Crippen molar-refractivity contribution in [2.24, 2.45) is 5.73 Å². The van der Waals surface area contributed by atoms with E-state index >= 15 is 0 Å². The molecule has 1 fully saturated rings. The molecule has 2 heteroatoms. The fourth-order valence-electron chi connectivity index (χ4n) is 2.70. The molecule has 0 saturated heterocycles. The Balaban J connectivity index is 1.78. The van der Waals surface area contributed by atoms with Crippen LogP contribution in [0.4, 0.5) is 0 Å². The maximum absolute atomic E-state index is 5.82. The highest BCUT2D eigenvalue weighted by atomic mass is 15.1. The van der Waals surface area contributed by atoms with E-state index in [0.29, 0.717) is 6.54 Å². The van der Waals surface area contributed by atoms with E-state index in [4.69, 9.17) is 5.73 Å². The minimum atomic E-state index is 0.586. The van der Waals surface area contributed by atoms with E-state index in [1.807, 2.05) is 6.07 Å². The Bertz CT molecular complexity index is 570. The highest BCUT2D eigenvalue weighted by Gasteiger charge is 2.25. The molecule has 2 nitrogen and oxygen atoms in total. The van der Waals surface area contributed by atoms with Crippen LogP contribution in [0.2, 0.25) is 0 Å². The summed E-state index contributed by atoms with van der Waals surface area (Å²) < 4.78 is 0. The van der Waals surface area contributed by atoms with Crippen LogP contribution in [-0.2, 0) is 13.1 Å². The van der Waals surface area contributed by atoms with Crippen molar-refractivity contribution in [2.45, 2.75) is 32.0 Å². The van der Waals surface area contributed by atoms with E-state index in [0.717, 1.165) is 12.6 Å². The van der Waals surface area contributed by atoms with Gasteiger partial charge in [0.25, 0.3) is 0 Å².